The van der Waals surface area contributed by atoms with Crippen molar-refractivity contribution in [2.24, 2.45) is 0 Å². The van der Waals surface area contributed by atoms with Crippen molar-refractivity contribution in [2.45, 2.75) is 13.0 Å². The Balaban J connectivity index is 1.42. The number of nitrogens with zero attached hydrogens (tertiary/aromatic N) is 5. The third-order valence-electron chi connectivity index (χ3n) is 4.57. The summed E-state index contributed by atoms with van der Waals surface area (Å²) in [5.41, 5.74) is 1.08. The van der Waals surface area contributed by atoms with E-state index in [0.29, 0.717) is 26.1 Å². The molecule has 1 amide bonds. The van der Waals surface area contributed by atoms with Gasteiger partial charge in [-0.25, -0.2) is 9.97 Å². The normalized spacial score (nSPS) is 14.7. The van der Waals surface area contributed by atoms with Gasteiger partial charge in [-0.3, -0.25) is 4.79 Å². The molecule has 2 aromatic rings. The summed E-state index contributed by atoms with van der Waals surface area (Å²) in [4.78, 5) is 27.2. The molecule has 1 saturated heterocycles. The number of halogens is 1. The zero-order valence-electron chi connectivity index (χ0n) is 15.0. The number of rotatable bonds is 6. The molecule has 0 aliphatic carbocycles. The van der Waals surface area contributed by atoms with Crippen molar-refractivity contribution in [1.82, 2.24) is 19.8 Å². The van der Waals surface area contributed by atoms with Crippen LogP contribution >= 0.6 is 11.6 Å². The maximum atomic E-state index is 12.5. The smallest absolute Gasteiger partial charge is 0.225 e. The van der Waals surface area contributed by atoms with E-state index in [2.05, 4.69) is 19.8 Å². The number of aromatic nitrogens is 2. The molecular weight excluding hydrogens is 350 g/mol. The first kappa shape index (κ1) is 18.6. The predicted octanol–water partition coefficient (Wildman–Crippen LogP) is 2.30. The van der Waals surface area contributed by atoms with Gasteiger partial charge in [0.25, 0.3) is 0 Å². The molecule has 1 aromatic heterocycles. The topological polar surface area (TPSA) is 52.6 Å². The molecule has 0 N–H and O–H groups in total. The minimum atomic E-state index is 0.199. The fourth-order valence-corrected chi connectivity index (χ4v) is 3.25. The SMILES string of the molecule is CN(CCC(=O)N1CCN(c2ncccn2)CC1)Cc1ccccc1Cl. The van der Waals surface area contributed by atoms with Crippen LogP contribution in [0.15, 0.2) is 42.7 Å². The average molecular weight is 374 g/mol. The van der Waals surface area contributed by atoms with Crippen LogP contribution in [0, 0.1) is 0 Å². The van der Waals surface area contributed by atoms with Crippen molar-refractivity contribution >= 4 is 23.5 Å². The molecule has 26 heavy (non-hydrogen) atoms. The lowest BCUT2D eigenvalue weighted by molar-refractivity contribution is -0.131. The lowest BCUT2D eigenvalue weighted by Gasteiger charge is -2.35. The summed E-state index contributed by atoms with van der Waals surface area (Å²) < 4.78 is 0. The zero-order valence-corrected chi connectivity index (χ0v) is 15.8. The Bertz CT molecular complexity index is 719. The second-order valence-corrected chi connectivity index (χ2v) is 6.90. The first-order chi connectivity index (χ1) is 12.6. The number of carbonyl (C=O) groups is 1. The lowest BCUT2D eigenvalue weighted by Crippen LogP contribution is -2.49. The van der Waals surface area contributed by atoms with E-state index >= 15 is 0 Å². The highest BCUT2D eigenvalue weighted by molar-refractivity contribution is 6.31. The van der Waals surface area contributed by atoms with Gasteiger partial charge in [0, 0.05) is 63.1 Å². The molecule has 0 spiro atoms. The molecule has 7 heteroatoms. The van der Waals surface area contributed by atoms with Gasteiger partial charge in [-0.2, -0.15) is 0 Å². The molecule has 0 bridgehead atoms. The lowest BCUT2D eigenvalue weighted by atomic mass is 10.2. The molecule has 1 aromatic carbocycles. The molecular formula is C19H24ClN5O. The standard InChI is InChI=1S/C19H24ClN5O/c1-23(15-16-5-2-3-6-17(16)20)10-7-18(26)24-11-13-25(14-12-24)19-21-8-4-9-22-19/h2-6,8-9H,7,10-15H2,1H3. The minimum absolute atomic E-state index is 0.199. The van der Waals surface area contributed by atoms with Crippen molar-refractivity contribution in [3.05, 3.63) is 53.3 Å². The Labute approximate surface area is 159 Å². The van der Waals surface area contributed by atoms with Gasteiger partial charge in [-0.15, -0.1) is 0 Å². The molecule has 3 rings (SSSR count). The van der Waals surface area contributed by atoms with Crippen molar-refractivity contribution in [3.8, 4) is 0 Å². The first-order valence-electron chi connectivity index (χ1n) is 8.85. The highest BCUT2D eigenvalue weighted by Crippen LogP contribution is 2.16. The highest BCUT2D eigenvalue weighted by Gasteiger charge is 2.22. The second-order valence-electron chi connectivity index (χ2n) is 6.50. The monoisotopic (exact) mass is 373 g/mol. The van der Waals surface area contributed by atoms with E-state index in [1.807, 2.05) is 42.3 Å². The first-order valence-corrected chi connectivity index (χ1v) is 9.23. The number of anilines is 1. The third-order valence-corrected chi connectivity index (χ3v) is 4.94. The molecule has 0 unspecified atom stereocenters. The van der Waals surface area contributed by atoms with Gasteiger partial charge in [0.15, 0.2) is 0 Å². The summed E-state index contributed by atoms with van der Waals surface area (Å²) in [6.45, 7) is 4.42. The van der Waals surface area contributed by atoms with Crippen molar-refractivity contribution < 1.29 is 4.79 Å². The quantitative estimate of drug-likeness (QED) is 0.777. The van der Waals surface area contributed by atoms with Crippen LogP contribution in [0.2, 0.25) is 5.02 Å². The molecule has 1 aliphatic heterocycles. The van der Waals surface area contributed by atoms with Gasteiger partial charge < -0.3 is 14.7 Å². The van der Waals surface area contributed by atoms with Crippen LogP contribution in [-0.2, 0) is 11.3 Å². The zero-order chi connectivity index (χ0) is 18.4. The van der Waals surface area contributed by atoms with Crippen LogP contribution in [0.3, 0.4) is 0 Å². The highest BCUT2D eigenvalue weighted by atomic mass is 35.5. The average Bonchev–Trinajstić information content (AvgIpc) is 2.69. The van der Waals surface area contributed by atoms with Crippen LogP contribution in [0.25, 0.3) is 0 Å². The van der Waals surface area contributed by atoms with E-state index < -0.39 is 0 Å². The number of piperazine rings is 1. The third kappa shape index (κ3) is 4.93. The van der Waals surface area contributed by atoms with E-state index in [1.165, 1.54) is 0 Å². The molecule has 6 nitrogen and oxygen atoms in total. The van der Waals surface area contributed by atoms with Gasteiger partial charge in [0.1, 0.15) is 0 Å². The Morgan fingerprint density at radius 3 is 2.50 bits per heavy atom. The molecule has 1 fully saturated rings. The van der Waals surface area contributed by atoms with Crippen LogP contribution in [0.4, 0.5) is 5.95 Å². The van der Waals surface area contributed by atoms with E-state index in [-0.39, 0.29) is 5.91 Å². The van der Waals surface area contributed by atoms with Gasteiger partial charge in [0.05, 0.1) is 0 Å². The van der Waals surface area contributed by atoms with Gasteiger partial charge in [-0.05, 0) is 24.7 Å². The Hall–Kier alpha value is -2.18. The van der Waals surface area contributed by atoms with Gasteiger partial charge in [0.2, 0.25) is 11.9 Å². The molecule has 2 heterocycles. The second kappa shape index (κ2) is 8.96. The van der Waals surface area contributed by atoms with E-state index in [0.717, 1.165) is 36.2 Å². The van der Waals surface area contributed by atoms with E-state index in [1.54, 1.807) is 12.4 Å². The number of amides is 1. The molecule has 138 valence electrons. The maximum Gasteiger partial charge on any atom is 0.225 e. The van der Waals surface area contributed by atoms with Crippen molar-refractivity contribution in [2.75, 3.05) is 44.7 Å². The van der Waals surface area contributed by atoms with E-state index in [9.17, 15) is 4.79 Å². The summed E-state index contributed by atoms with van der Waals surface area (Å²) >= 11 is 6.20. The fourth-order valence-electron chi connectivity index (χ4n) is 3.05. The molecule has 0 saturated carbocycles. The van der Waals surface area contributed by atoms with Crippen LogP contribution in [-0.4, -0.2) is 65.4 Å². The Morgan fingerprint density at radius 2 is 1.81 bits per heavy atom. The summed E-state index contributed by atoms with van der Waals surface area (Å²) in [5.74, 6) is 0.934. The number of benzene rings is 1. The Morgan fingerprint density at radius 1 is 1.12 bits per heavy atom. The van der Waals surface area contributed by atoms with Gasteiger partial charge >= 0.3 is 0 Å². The number of hydrogen-bond donors (Lipinski definition) is 0. The number of hydrogen-bond acceptors (Lipinski definition) is 5. The molecule has 1 aliphatic rings. The minimum Gasteiger partial charge on any atom is -0.339 e. The largest absolute Gasteiger partial charge is 0.339 e. The summed E-state index contributed by atoms with van der Waals surface area (Å²) in [7, 11) is 2.02. The van der Waals surface area contributed by atoms with Crippen molar-refractivity contribution in [3.63, 3.8) is 0 Å². The molecule has 0 radical (unpaired) electrons. The predicted molar refractivity (Wildman–Crippen MR) is 103 cm³/mol. The van der Waals surface area contributed by atoms with Gasteiger partial charge in [-0.1, -0.05) is 29.8 Å². The number of carbonyl (C=O) groups excluding carboxylic acids is 1. The maximum absolute atomic E-state index is 12.5. The summed E-state index contributed by atoms with van der Waals surface area (Å²) in [5, 5.41) is 0.768. The van der Waals surface area contributed by atoms with Crippen molar-refractivity contribution in [1.29, 1.82) is 0 Å². The summed E-state index contributed by atoms with van der Waals surface area (Å²) in [6, 6.07) is 9.63. The van der Waals surface area contributed by atoms with Crippen LogP contribution in [0.5, 0.6) is 0 Å². The fraction of sp³-hybridized carbons (Fsp3) is 0.421. The summed E-state index contributed by atoms with van der Waals surface area (Å²) in [6.07, 6.45) is 4.01. The van der Waals surface area contributed by atoms with Crippen LogP contribution in [0.1, 0.15) is 12.0 Å². The van der Waals surface area contributed by atoms with E-state index in [4.69, 9.17) is 11.6 Å². The molecule has 0 atom stereocenters. The van der Waals surface area contributed by atoms with Crippen LogP contribution < -0.4 is 4.90 Å². The Kier molecular flexibility index (Phi) is 6.41.